The zero-order chi connectivity index (χ0) is 27.6. The quantitative estimate of drug-likeness (QED) is 0.215. The second kappa shape index (κ2) is 9.19. The van der Waals surface area contributed by atoms with Gasteiger partial charge in [0.1, 0.15) is 11.5 Å². The van der Waals surface area contributed by atoms with Gasteiger partial charge in [0.25, 0.3) is 0 Å². The summed E-state index contributed by atoms with van der Waals surface area (Å²) in [4.78, 5) is 0. The molecule has 0 amide bonds. The smallest absolute Gasteiger partial charge is 0.132 e. The van der Waals surface area contributed by atoms with E-state index < -0.39 is 0 Å². The summed E-state index contributed by atoms with van der Waals surface area (Å²) in [6.07, 6.45) is 0. The highest BCUT2D eigenvalue weighted by Crippen LogP contribution is 2.50. The van der Waals surface area contributed by atoms with E-state index in [-0.39, 0.29) is 5.41 Å². The summed E-state index contributed by atoms with van der Waals surface area (Å²) in [5, 5.41) is 2.65. The van der Waals surface area contributed by atoms with Gasteiger partial charge < -0.3 is 4.74 Å². The number of thiophene rings is 1. The van der Waals surface area contributed by atoms with E-state index in [1.807, 2.05) is 17.4 Å². The van der Waals surface area contributed by atoms with Crippen molar-refractivity contribution >= 4 is 31.5 Å². The highest BCUT2D eigenvalue weighted by atomic mass is 32.1. The molecule has 0 radical (unpaired) electrons. The highest BCUT2D eigenvalue weighted by Gasteiger charge is 2.34. The molecule has 1 aromatic heterocycles. The average molecular weight is 545 g/mol. The van der Waals surface area contributed by atoms with Crippen molar-refractivity contribution in [1.82, 2.24) is 0 Å². The third-order valence-electron chi connectivity index (χ3n) is 8.58. The number of fused-ring (bicyclic) bond motifs is 5. The summed E-state index contributed by atoms with van der Waals surface area (Å²) < 4.78 is 9.14. The van der Waals surface area contributed by atoms with Crippen molar-refractivity contribution in [3.63, 3.8) is 0 Å². The van der Waals surface area contributed by atoms with E-state index in [0.29, 0.717) is 0 Å². The molecule has 2 heteroatoms. The highest BCUT2D eigenvalue weighted by molar-refractivity contribution is 7.25. The Morgan fingerprint density at radius 1 is 0.488 bits per heavy atom. The van der Waals surface area contributed by atoms with Crippen LogP contribution in [0.5, 0.6) is 11.5 Å². The molecule has 6 aromatic carbocycles. The van der Waals surface area contributed by atoms with Crippen molar-refractivity contribution in [2.45, 2.75) is 19.3 Å². The molecule has 1 aliphatic rings. The standard InChI is InChI=1S/C39H28OS/c1-39(2)32-18-8-9-19-34(32)40-35-24-25(22-23-33(35)39)26-12-3-4-13-27(26)28-14-5-6-15-29(28)30-17-11-21-37-38(30)31-16-7-10-20-36(31)41-37/h3-24H,1-2H3. The lowest BCUT2D eigenvalue weighted by atomic mass is 9.75. The van der Waals surface area contributed by atoms with Gasteiger partial charge in [-0.05, 0) is 57.6 Å². The van der Waals surface area contributed by atoms with Gasteiger partial charge in [-0.3, -0.25) is 0 Å². The molecule has 196 valence electrons. The van der Waals surface area contributed by atoms with Gasteiger partial charge in [0.05, 0.1) is 0 Å². The van der Waals surface area contributed by atoms with Crippen LogP contribution in [0.3, 0.4) is 0 Å². The van der Waals surface area contributed by atoms with Gasteiger partial charge in [-0.25, -0.2) is 0 Å². The first-order chi connectivity index (χ1) is 20.1. The molecule has 41 heavy (non-hydrogen) atoms. The zero-order valence-electron chi connectivity index (χ0n) is 23.0. The maximum Gasteiger partial charge on any atom is 0.132 e. The summed E-state index contributed by atoms with van der Waals surface area (Å²) >= 11 is 1.87. The van der Waals surface area contributed by atoms with Crippen LogP contribution in [0.25, 0.3) is 53.6 Å². The molecular formula is C39H28OS. The second-order valence-electron chi connectivity index (χ2n) is 11.3. The van der Waals surface area contributed by atoms with Crippen LogP contribution in [0, 0.1) is 0 Å². The Morgan fingerprint density at radius 3 is 1.90 bits per heavy atom. The van der Waals surface area contributed by atoms with Crippen LogP contribution in [0.4, 0.5) is 0 Å². The second-order valence-corrected chi connectivity index (χ2v) is 12.4. The molecule has 8 rings (SSSR count). The number of ether oxygens (including phenoxy) is 1. The molecule has 0 N–H and O–H groups in total. The number of para-hydroxylation sites is 1. The minimum absolute atomic E-state index is 0.128. The molecule has 7 aromatic rings. The zero-order valence-corrected chi connectivity index (χ0v) is 23.8. The van der Waals surface area contributed by atoms with Gasteiger partial charge in [-0.15, -0.1) is 11.3 Å². The van der Waals surface area contributed by atoms with Gasteiger partial charge in [0, 0.05) is 36.7 Å². The fourth-order valence-corrected chi connectivity index (χ4v) is 7.68. The molecule has 1 aliphatic heterocycles. The molecular weight excluding hydrogens is 516 g/mol. The summed E-state index contributed by atoms with van der Waals surface area (Å²) in [5.74, 6) is 1.88. The molecule has 0 bridgehead atoms. The fourth-order valence-electron chi connectivity index (χ4n) is 6.55. The lowest BCUT2D eigenvalue weighted by Crippen LogP contribution is -2.24. The predicted octanol–water partition coefficient (Wildman–Crippen LogP) is 11.5. The predicted molar refractivity (Wildman–Crippen MR) is 174 cm³/mol. The summed E-state index contributed by atoms with van der Waals surface area (Å²) in [6.45, 7) is 4.57. The average Bonchev–Trinajstić information content (AvgIpc) is 3.40. The van der Waals surface area contributed by atoms with E-state index in [9.17, 15) is 0 Å². The van der Waals surface area contributed by atoms with Gasteiger partial charge >= 0.3 is 0 Å². The van der Waals surface area contributed by atoms with Gasteiger partial charge in [-0.2, -0.15) is 0 Å². The lowest BCUT2D eigenvalue weighted by molar-refractivity contribution is 0.418. The van der Waals surface area contributed by atoms with Crippen molar-refractivity contribution in [2.75, 3.05) is 0 Å². The summed E-state index contributed by atoms with van der Waals surface area (Å²) in [6, 6.07) is 48.2. The Labute approximate surface area is 244 Å². The van der Waals surface area contributed by atoms with Gasteiger partial charge in [0.15, 0.2) is 0 Å². The molecule has 2 heterocycles. The normalized spacial score (nSPS) is 13.5. The van der Waals surface area contributed by atoms with Crippen LogP contribution in [0.15, 0.2) is 133 Å². The number of rotatable bonds is 3. The van der Waals surface area contributed by atoms with E-state index in [1.54, 1.807) is 0 Å². The Balaban J connectivity index is 1.31. The molecule has 0 spiro atoms. The van der Waals surface area contributed by atoms with Crippen LogP contribution in [0.1, 0.15) is 25.0 Å². The van der Waals surface area contributed by atoms with Gasteiger partial charge in [-0.1, -0.05) is 123 Å². The number of hydrogen-bond donors (Lipinski definition) is 0. The van der Waals surface area contributed by atoms with E-state index >= 15 is 0 Å². The van der Waals surface area contributed by atoms with Crippen molar-refractivity contribution in [1.29, 1.82) is 0 Å². The van der Waals surface area contributed by atoms with Crippen molar-refractivity contribution in [2.24, 2.45) is 0 Å². The lowest BCUT2D eigenvalue weighted by Gasteiger charge is -2.34. The SMILES string of the molecule is CC1(C)c2ccccc2Oc2cc(-c3ccccc3-c3ccccc3-c3cccc4sc5ccccc5c34)ccc21. The third-order valence-corrected chi connectivity index (χ3v) is 9.72. The van der Waals surface area contributed by atoms with Crippen LogP contribution in [0.2, 0.25) is 0 Å². The molecule has 0 aliphatic carbocycles. The largest absolute Gasteiger partial charge is 0.457 e. The van der Waals surface area contributed by atoms with Crippen LogP contribution < -0.4 is 4.74 Å². The van der Waals surface area contributed by atoms with E-state index in [4.69, 9.17) is 4.74 Å². The first-order valence-electron chi connectivity index (χ1n) is 14.1. The van der Waals surface area contributed by atoms with Gasteiger partial charge in [0.2, 0.25) is 0 Å². The number of hydrogen-bond acceptors (Lipinski definition) is 2. The van der Waals surface area contributed by atoms with Crippen LogP contribution in [-0.2, 0) is 5.41 Å². The van der Waals surface area contributed by atoms with Crippen molar-refractivity contribution < 1.29 is 4.74 Å². The summed E-state index contributed by atoms with van der Waals surface area (Å²) in [5.41, 5.74) is 9.64. The van der Waals surface area contributed by atoms with Crippen LogP contribution in [-0.4, -0.2) is 0 Å². The molecule has 0 saturated heterocycles. The Hall–Kier alpha value is -4.66. The maximum absolute atomic E-state index is 6.50. The minimum atomic E-state index is -0.128. The Morgan fingerprint density at radius 2 is 1.07 bits per heavy atom. The summed E-state index contributed by atoms with van der Waals surface area (Å²) in [7, 11) is 0. The Bertz CT molecular complexity index is 2110. The molecule has 0 fully saturated rings. The van der Waals surface area contributed by atoms with Crippen molar-refractivity contribution in [3.8, 4) is 44.9 Å². The molecule has 0 atom stereocenters. The monoisotopic (exact) mass is 544 g/mol. The van der Waals surface area contributed by atoms with Crippen LogP contribution >= 0.6 is 11.3 Å². The van der Waals surface area contributed by atoms with Crippen molar-refractivity contribution in [3.05, 3.63) is 145 Å². The topological polar surface area (TPSA) is 9.23 Å². The first kappa shape index (κ1) is 24.2. The van der Waals surface area contributed by atoms with E-state index in [2.05, 4.69) is 141 Å². The van der Waals surface area contributed by atoms with E-state index in [1.165, 1.54) is 59.1 Å². The number of benzene rings is 6. The van der Waals surface area contributed by atoms with E-state index in [0.717, 1.165) is 17.1 Å². The first-order valence-corrected chi connectivity index (χ1v) is 14.9. The third kappa shape index (κ3) is 3.75. The minimum Gasteiger partial charge on any atom is -0.457 e. The Kier molecular flexibility index (Phi) is 5.42. The fraction of sp³-hybridized carbons (Fsp3) is 0.0769. The molecule has 0 unspecified atom stereocenters. The molecule has 1 nitrogen and oxygen atoms in total. The maximum atomic E-state index is 6.50. The molecule has 0 saturated carbocycles.